The van der Waals surface area contributed by atoms with E-state index in [0.717, 1.165) is 12.0 Å². The molecule has 5 nitrogen and oxygen atoms in total. The summed E-state index contributed by atoms with van der Waals surface area (Å²) in [5.74, 6) is 0.620. The van der Waals surface area contributed by atoms with E-state index >= 15 is 0 Å². The minimum Gasteiger partial charge on any atom is -0.396 e. The van der Waals surface area contributed by atoms with Crippen LogP contribution in [0.4, 0.5) is 0 Å². The number of aliphatic hydroxyl groups excluding tert-OH is 1. The summed E-state index contributed by atoms with van der Waals surface area (Å²) in [6, 6.07) is 11.1. The van der Waals surface area contributed by atoms with Crippen LogP contribution in [0.15, 0.2) is 53.6 Å². The Kier molecular flexibility index (Phi) is 5.84. The number of pyridine rings is 1. The monoisotopic (exact) mass is 331 g/mol. The third-order valence-electron chi connectivity index (χ3n) is 3.57. The predicted octanol–water partition coefficient (Wildman–Crippen LogP) is 2.65. The summed E-state index contributed by atoms with van der Waals surface area (Å²) >= 11 is 0. The standard InChI is InChI=1S/C17H17N3O2.ClH/c21-11-4-3-10-20-16(13-6-5-9-18-12-13)19-15-8-2-1-7-14(15)17(20)22;/h1-2,5-9,12,21H,3-4,10-11H2;1H. The van der Waals surface area contributed by atoms with Crippen LogP contribution in [0, 0.1) is 0 Å². The average Bonchev–Trinajstić information content (AvgIpc) is 2.57. The van der Waals surface area contributed by atoms with Crippen LogP contribution in [0.2, 0.25) is 0 Å². The van der Waals surface area contributed by atoms with Crippen molar-refractivity contribution in [1.82, 2.24) is 14.5 Å². The summed E-state index contributed by atoms with van der Waals surface area (Å²) < 4.78 is 1.68. The minimum absolute atomic E-state index is 0. The van der Waals surface area contributed by atoms with Gasteiger partial charge in [-0.05, 0) is 37.1 Å². The van der Waals surface area contributed by atoms with Crippen LogP contribution in [0.5, 0.6) is 0 Å². The molecule has 1 N–H and O–H groups in total. The lowest BCUT2D eigenvalue weighted by Gasteiger charge is -2.13. The number of aliphatic hydroxyl groups is 1. The van der Waals surface area contributed by atoms with Crippen molar-refractivity contribution in [3.05, 3.63) is 59.1 Å². The summed E-state index contributed by atoms with van der Waals surface area (Å²) in [5.41, 5.74) is 1.45. The molecule has 1 aromatic carbocycles. The number of halogens is 1. The van der Waals surface area contributed by atoms with Gasteiger partial charge in [-0.25, -0.2) is 4.98 Å². The fraction of sp³-hybridized carbons (Fsp3) is 0.235. The highest BCUT2D eigenvalue weighted by Crippen LogP contribution is 2.18. The molecule has 23 heavy (non-hydrogen) atoms. The number of para-hydroxylation sites is 1. The van der Waals surface area contributed by atoms with Crippen molar-refractivity contribution in [3.63, 3.8) is 0 Å². The summed E-state index contributed by atoms with van der Waals surface area (Å²) in [6.07, 6.45) is 4.79. The molecule has 6 heteroatoms. The van der Waals surface area contributed by atoms with E-state index in [0.29, 0.717) is 29.7 Å². The molecule has 2 aromatic heterocycles. The second-order valence-electron chi connectivity index (χ2n) is 5.08. The maximum Gasteiger partial charge on any atom is 0.261 e. The fourth-order valence-corrected chi connectivity index (χ4v) is 2.47. The molecule has 0 aliphatic rings. The SMILES string of the molecule is Cl.O=c1c2ccccc2nc(-c2cccnc2)n1CCCCO. The van der Waals surface area contributed by atoms with E-state index < -0.39 is 0 Å². The Morgan fingerprint density at radius 1 is 1.09 bits per heavy atom. The fourth-order valence-electron chi connectivity index (χ4n) is 2.47. The van der Waals surface area contributed by atoms with E-state index in [1.807, 2.05) is 30.3 Å². The van der Waals surface area contributed by atoms with Crippen molar-refractivity contribution < 1.29 is 5.11 Å². The van der Waals surface area contributed by atoms with Gasteiger partial charge in [0.15, 0.2) is 0 Å². The topological polar surface area (TPSA) is 68.0 Å². The van der Waals surface area contributed by atoms with E-state index in [2.05, 4.69) is 9.97 Å². The summed E-state index contributed by atoms with van der Waals surface area (Å²) in [6.45, 7) is 0.652. The Labute approximate surface area is 140 Å². The van der Waals surface area contributed by atoms with Gasteiger partial charge in [0, 0.05) is 31.1 Å². The van der Waals surface area contributed by atoms with Gasteiger partial charge < -0.3 is 5.11 Å². The van der Waals surface area contributed by atoms with Gasteiger partial charge in [0.2, 0.25) is 0 Å². The number of hydrogen-bond donors (Lipinski definition) is 1. The molecule has 0 saturated carbocycles. The zero-order valence-corrected chi connectivity index (χ0v) is 13.4. The van der Waals surface area contributed by atoms with Crippen LogP contribution in [0.3, 0.4) is 0 Å². The highest BCUT2D eigenvalue weighted by Gasteiger charge is 2.12. The zero-order chi connectivity index (χ0) is 15.4. The highest BCUT2D eigenvalue weighted by molar-refractivity contribution is 5.85. The van der Waals surface area contributed by atoms with Gasteiger partial charge in [0.1, 0.15) is 5.82 Å². The Hall–Kier alpha value is -2.24. The first-order chi connectivity index (χ1) is 10.8. The molecule has 3 aromatic rings. The molecule has 0 unspecified atom stereocenters. The number of unbranched alkanes of at least 4 members (excludes halogenated alkanes) is 1. The van der Waals surface area contributed by atoms with Gasteiger partial charge >= 0.3 is 0 Å². The molecule has 3 rings (SSSR count). The number of aromatic nitrogens is 3. The first-order valence-electron chi connectivity index (χ1n) is 7.32. The molecule has 0 bridgehead atoms. The number of hydrogen-bond acceptors (Lipinski definition) is 4. The van der Waals surface area contributed by atoms with E-state index in [-0.39, 0.29) is 24.6 Å². The zero-order valence-electron chi connectivity index (χ0n) is 12.6. The third kappa shape index (κ3) is 3.57. The summed E-state index contributed by atoms with van der Waals surface area (Å²) in [4.78, 5) is 21.5. The molecule has 0 saturated heterocycles. The van der Waals surface area contributed by atoms with Gasteiger partial charge in [0.05, 0.1) is 10.9 Å². The van der Waals surface area contributed by atoms with E-state index in [9.17, 15) is 4.79 Å². The maximum absolute atomic E-state index is 12.8. The lowest BCUT2D eigenvalue weighted by atomic mass is 10.2. The van der Waals surface area contributed by atoms with Crippen LogP contribution in [0.1, 0.15) is 12.8 Å². The Balaban J connectivity index is 0.00000192. The highest BCUT2D eigenvalue weighted by atomic mass is 35.5. The van der Waals surface area contributed by atoms with E-state index in [4.69, 9.17) is 5.11 Å². The van der Waals surface area contributed by atoms with Gasteiger partial charge in [-0.3, -0.25) is 14.3 Å². The van der Waals surface area contributed by atoms with Crippen LogP contribution in [-0.2, 0) is 6.54 Å². The Morgan fingerprint density at radius 2 is 1.91 bits per heavy atom. The van der Waals surface area contributed by atoms with Crippen LogP contribution < -0.4 is 5.56 Å². The molecular weight excluding hydrogens is 314 g/mol. The third-order valence-corrected chi connectivity index (χ3v) is 3.57. The predicted molar refractivity (Wildman–Crippen MR) is 92.8 cm³/mol. The molecule has 0 aliphatic heterocycles. The number of benzene rings is 1. The molecule has 0 spiro atoms. The lowest BCUT2D eigenvalue weighted by Crippen LogP contribution is -2.23. The van der Waals surface area contributed by atoms with Crippen molar-refractivity contribution in [1.29, 1.82) is 0 Å². The summed E-state index contributed by atoms with van der Waals surface area (Å²) in [7, 11) is 0. The smallest absolute Gasteiger partial charge is 0.261 e. The second-order valence-corrected chi connectivity index (χ2v) is 5.08. The van der Waals surface area contributed by atoms with Crippen LogP contribution >= 0.6 is 12.4 Å². The quantitative estimate of drug-likeness (QED) is 0.730. The summed E-state index contributed by atoms with van der Waals surface area (Å²) in [5, 5.41) is 9.57. The minimum atomic E-state index is -0.0533. The van der Waals surface area contributed by atoms with Crippen molar-refractivity contribution >= 4 is 23.3 Å². The normalized spacial score (nSPS) is 10.5. The van der Waals surface area contributed by atoms with Crippen molar-refractivity contribution in [2.24, 2.45) is 0 Å². The number of fused-ring (bicyclic) bond motifs is 1. The maximum atomic E-state index is 12.8. The molecule has 0 atom stereocenters. The molecular formula is C17H18ClN3O2. The van der Waals surface area contributed by atoms with Gasteiger partial charge in [-0.2, -0.15) is 0 Å². The Morgan fingerprint density at radius 3 is 2.65 bits per heavy atom. The molecule has 120 valence electrons. The first kappa shape index (κ1) is 17.1. The van der Waals surface area contributed by atoms with Crippen LogP contribution in [0.25, 0.3) is 22.3 Å². The van der Waals surface area contributed by atoms with Crippen LogP contribution in [-0.4, -0.2) is 26.2 Å². The van der Waals surface area contributed by atoms with Gasteiger partial charge in [0.25, 0.3) is 5.56 Å². The van der Waals surface area contributed by atoms with E-state index in [1.54, 1.807) is 23.0 Å². The number of nitrogens with zero attached hydrogens (tertiary/aromatic N) is 3. The average molecular weight is 332 g/mol. The lowest BCUT2D eigenvalue weighted by molar-refractivity contribution is 0.281. The molecule has 0 radical (unpaired) electrons. The molecule has 2 heterocycles. The van der Waals surface area contributed by atoms with E-state index in [1.165, 1.54) is 0 Å². The first-order valence-corrected chi connectivity index (χ1v) is 7.32. The molecule has 0 amide bonds. The van der Waals surface area contributed by atoms with Crippen molar-refractivity contribution in [3.8, 4) is 11.4 Å². The van der Waals surface area contributed by atoms with Gasteiger partial charge in [-0.1, -0.05) is 12.1 Å². The molecule has 0 aliphatic carbocycles. The number of rotatable bonds is 5. The Bertz CT molecular complexity index is 834. The second kappa shape index (κ2) is 7.85. The van der Waals surface area contributed by atoms with Crippen molar-refractivity contribution in [2.75, 3.05) is 6.61 Å². The van der Waals surface area contributed by atoms with Gasteiger partial charge in [-0.15, -0.1) is 12.4 Å². The molecule has 0 fully saturated rings. The van der Waals surface area contributed by atoms with Crippen molar-refractivity contribution in [2.45, 2.75) is 19.4 Å². The largest absolute Gasteiger partial charge is 0.396 e.